The monoisotopic (exact) mass is 256 g/mol. The van der Waals surface area contributed by atoms with Crippen LogP contribution in [0.4, 0.5) is 0 Å². The van der Waals surface area contributed by atoms with Gasteiger partial charge in [-0.1, -0.05) is 38.3 Å². The molecule has 1 aliphatic carbocycles. The van der Waals surface area contributed by atoms with Crippen LogP contribution in [0.5, 0.6) is 0 Å². The fraction of sp³-hybridized carbons (Fsp3) is 0.929. The Morgan fingerprint density at radius 2 is 2.00 bits per heavy atom. The van der Waals surface area contributed by atoms with Crippen molar-refractivity contribution in [2.24, 2.45) is 22.2 Å². The summed E-state index contributed by atoms with van der Waals surface area (Å²) >= 11 is 0. The molecular weight excluding hydrogens is 228 g/mol. The van der Waals surface area contributed by atoms with E-state index in [4.69, 9.17) is 15.7 Å². The highest BCUT2D eigenvalue weighted by atomic mass is 16.5. The lowest BCUT2D eigenvalue weighted by atomic mass is 9.87. The van der Waals surface area contributed by atoms with Crippen molar-refractivity contribution in [2.75, 3.05) is 13.2 Å². The summed E-state index contributed by atoms with van der Waals surface area (Å²) in [4.78, 5) is 0. The van der Waals surface area contributed by atoms with Crippen LogP contribution in [0.25, 0.3) is 0 Å². The van der Waals surface area contributed by atoms with E-state index in [-0.39, 0.29) is 5.41 Å². The van der Waals surface area contributed by atoms with E-state index in [1.807, 2.05) is 13.8 Å². The summed E-state index contributed by atoms with van der Waals surface area (Å²) in [6.07, 6.45) is 8.62. The van der Waals surface area contributed by atoms with Gasteiger partial charge in [-0.3, -0.25) is 0 Å². The highest BCUT2D eigenvalue weighted by Crippen LogP contribution is 2.25. The number of hydrogen-bond acceptors (Lipinski definition) is 3. The predicted molar refractivity (Wildman–Crippen MR) is 73.8 cm³/mol. The molecule has 1 saturated carbocycles. The summed E-state index contributed by atoms with van der Waals surface area (Å²) in [6, 6.07) is 0. The van der Waals surface area contributed by atoms with E-state index in [0.29, 0.717) is 5.84 Å². The highest BCUT2D eigenvalue weighted by molar-refractivity contribution is 5.85. The normalized spacial score (nSPS) is 19.1. The van der Waals surface area contributed by atoms with Crippen LogP contribution < -0.4 is 5.73 Å². The molecule has 0 atom stereocenters. The average molecular weight is 256 g/mol. The molecule has 4 nitrogen and oxygen atoms in total. The summed E-state index contributed by atoms with van der Waals surface area (Å²) in [5, 5.41) is 11.8. The molecule has 1 rings (SSSR count). The Morgan fingerprint density at radius 3 is 2.61 bits per heavy atom. The van der Waals surface area contributed by atoms with Crippen molar-refractivity contribution in [2.45, 2.75) is 58.8 Å². The molecule has 4 heteroatoms. The fourth-order valence-electron chi connectivity index (χ4n) is 2.48. The molecule has 0 saturated heterocycles. The Bertz CT molecular complexity index is 259. The van der Waals surface area contributed by atoms with E-state index < -0.39 is 0 Å². The largest absolute Gasteiger partial charge is 0.409 e. The summed E-state index contributed by atoms with van der Waals surface area (Å²) in [6.45, 7) is 5.66. The minimum atomic E-state index is -0.247. The van der Waals surface area contributed by atoms with E-state index in [1.165, 1.54) is 32.1 Å². The zero-order valence-corrected chi connectivity index (χ0v) is 11.8. The summed E-state index contributed by atoms with van der Waals surface area (Å²) in [5.74, 6) is 1.07. The van der Waals surface area contributed by atoms with Crippen molar-refractivity contribution in [3.63, 3.8) is 0 Å². The van der Waals surface area contributed by atoms with Crippen LogP contribution in [0.3, 0.4) is 0 Å². The molecule has 0 unspecified atom stereocenters. The first-order valence-corrected chi connectivity index (χ1v) is 7.12. The second kappa shape index (κ2) is 7.62. The Hall–Kier alpha value is -0.770. The van der Waals surface area contributed by atoms with E-state index in [1.54, 1.807) is 0 Å². The third kappa shape index (κ3) is 5.25. The number of rotatable bonds is 7. The van der Waals surface area contributed by atoms with Gasteiger partial charge in [0.2, 0.25) is 0 Å². The minimum absolute atomic E-state index is 0.247. The third-order valence-electron chi connectivity index (χ3n) is 3.97. The van der Waals surface area contributed by atoms with Crippen LogP contribution in [0.2, 0.25) is 0 Å². The summed E-state index contributed by atoms with van der Waals surface area (Å²) in [7, 11) is 0. The molecule has 0 aliphatic heterocycles. The van der Waals surface area contributed by atoms with Crippen LogP contribution >= 0.6 is 0 Å². The number of nitrogens with two attached hydrogens (primary N) is 1. The fourth-order valence-corrected chi connectivity index (χ4v) is 2.48. The first-order valence-electron chi connectivity index (χ1n) is 7.12. The lowest BCUT2D eigenvalue weighted by molar-refractivity contribution is 0.0797. The number of hydrogen-bond donors (Lipinski definition) is 2. The molecule has 0 aromatic rings. The molecule has 0 spiro atoms. The topological polar surface area (TPSA) is 67.8 Å². The number of oxime groups is 1. The van der Waals surface area contributed by atoms with Crippen LogP contribution in [0.1, 0.15) is 58.8 Å². The van der Waals surface area contributed by atoms with Crippen LogP contribution in [0.15, 0.2) is 5.16 Å². The van der Waals surface area contributed by atoms with Gasteiger partial charge in [0.25, 0.3) is 0 Å². The lowest BCUT2D eigenvalue weighted by Gasteiger charge is -2.23. The minimum Gasteiger partial charge on any atom is -0.409 e. The molecule has 1 fully saturated rings. The maximum atomic E-state index is 8.67. The molecule has 0 bridgehead atoms. The second-order valence-corrected chi connectivity index (χ2v) is 6.05. The van der Waals surface area contributed by atoms with E-state index in [9.17, 15) is 0 Å². The van der Waals surface area contributed by atoms with Crippen molar-refractivity contribution < 1.29 is 9.94 Å². The Kier molecular flexibility index (Phi) is 6.47. The van der Waals surface area contributed by atoms with Gasteiger partial charge in [0.05, 0.1) is 0 Å². The summed E-state index contributed by atoms with van der Waals surface area (Å²) < 4.78 is 5.74. The molecule has 1 aliphatic rings. The van der Waals surface area contributed by atoms with Crippen LogP contribution in [-0.2, 0) is 4.74 Å². The molecule has 0 heterocycles. The Balaban J connectivity index is 2.07. The third-order valence-corrected chi connectivity index (χ3v) is 3.97. The zero-order chi connectivity index (χ0) is 13.4. The van der Waals surface area contributed by atoms with Gasteiger partial charge in [-0.05, 0) is 31.6 Å². The smallest absolute Gasteiger partial charge is 0.144 e. The molecule has 106 valence electrons. The highest BCUT2D eigenvalue weighted by Gasteiger charge is 2.23. The quantitative estimate of drug-likeness (QED) is 0.242. The van der Waals surface area contributed by atoms with E-state index >= 15 is 0 Å². The van der Waals surface area contributed by atoms with Gasteiger partial charge >= 0.3 is 0 Å². The summed E-state index contributed by atoms with van der Waals surface area (Å²) in [5.41, 5.74) is 5.39. The molecule has 0 amide bonds. The molecule has 0 radical (unpaired) electrons. The lowest BCUT2D eigenvalue weighted by Crippen LogP contribution is -2.32. The Labute approximate surface area is 111 Å². The maximum Gasteiger partial charge on any atom is 0.144 e. The van der Waals surface area contributed by atoms with Crippen molar-refractivity contribution in [3.8, 4) is 0 Å². The van der Waals surface area contributed by atoms with E-state index in [0.717, 1.165) is 32.0 Å². The van der Waals surface area contributed by atoms with Crippen molar-refractivity contribution in [3.05, 3.63) is 0 Å². The molecule has 0 aromatic carbocycles. The molecule has 3 N–H and O–H groups in total. The predicted octanol–water partition coefficient (Wildman–Crippen LogP) is 3.14. The Morgan fingerprint density at radius 1 is 1.33 bits per heavy atom. The number of ether oxygens (including phenoxy) is 1. The molecule has 0 aromatic heterocycles. The molecule has 18 heavy (non-hydrogen) atoms. The van der Waals surface area contributed by atoms with Crippen LogP contribution in [0, 0.1) is 11.3 Å². The van der Waals surface area contributed by atoms with Gasteiger partial charge < -0.3 is 15.7 Å². The van der Waals surface area contributed by atoms with E-state index in [2.05, 4.69) is 5.16 Å². The number of nitrogens with zero attached hydrogens (tertiary/aromatic N) is 1. The standard InChI is InChI=1S/C14H28N2O2/c1-14(2,13(15)16-17)9-6-10-18-11-12-7-4-3-5-8-12/h12,17H,3-11H2,1-2H3,(H2,15,16). The first kappa shape index (κ1) is 15.3. The van der Waals surface area contributed by atoms with Crippen molar-refractivity contribution >= 4 is 5.84 Å². The molecular formula is C14H28N2O2. The van der Waals surface area contributed by atoms with Crippen LogP contribution in [-0.4, -0.2) is 24.3 Å². The van der Waals surface area contributed by atoms with Gasteiger partial charge in [0, 0.05) is 18.6 Å². The van der Waals surface area contributed by atoms with Crippen molar-refractivity contribution in [1.82, 2.24) is 0 Å². The van der Waals surface area contributed by atoms with Gasteiger partial charge in [0.1, 0.15) is 5.84 Å². The van der Waals surface area contributed by atoms with Gasteiger partial charge in [-0.25, -0.2) is 0 Å². The maximum absolute atomic E-state index is 8.67. The van der Waals surface area contributed by atoms with Gasteiger partial charge in [-0.15, -0.1) is 0 Å². The van der Waals surface area contributed by atoms with Gasteiger partial charge in [0.15, 0.2) is 0 Å². The second-order valence-electron chi connectivity index (χ2n) is 6.05. The zero-order valence-electron chi connectivity index (χ0n) is 11.8. The van der Waals surface area contributed by atoms with Gasteiger partial charge in [-0.2, -0.15) is 0 Å². The SMILES string of the molecule is CC(C)(CCCOCC1CCCCC1)C(N)=NO. The first-order chi connectivity index (χ1) is 8.56. The number of amidine groups is 1. The van der Waals surface area contributed by atoms with Crippen molar-refractivity contribution in [1.29, 1.82) is 0 Å². The average Bonchev–Trinajstić information content (AvgIpc) is 2.38.